The molecule has 0 saturated carbocycles. The van der Waals surface area contributed by atoms with Gasteiger partial charge in [0.1, 0.15) is 0 Å². The number of aromatic nitrogens is 2. The van der Waals surface area contributed by atoms with Crippen LogP contribution >= 0.6 is 11.3 Å². The van der Waals surface area contributed by atoms with E-state index >= 15 is 0 Å². The van der Waals surface area contributed by atoms with Gasteiger partial charge in [-0.2, -0.15) is 0 Å². The number of thiazole rings is 1. The van der Waals surface area contributed by atoms with Gasteiger partial charge in [-0.1, -0.05) is 20.8 Å². The Morgan fingerprint density at radius 3 is 2.50 bits per heavy atom. The maximum absolute atomic E-state index is 11.9. The number of anilines is 1. The van der Waals surface area contributed by atoms with Gasteiger partial charge in [0.2, 0.25) is 11.8 Å². The molecule has 0 radical (unpaired) electrons. The third kappa shape index (κ3) is 5.73. The average molecular weight is 346 g/mol. The molecule has 2 aromatic rings. The van der Waals surface area contributed by atoms with Crippen LogP contribution in [-0.2, 0) is 21.4 Å². The molecule has 0 bridgehead atoms. The van der Waals surface area contributed by atoms with E-state index in [2.05, 4.69) is 41.4 Å². The van der Waals surface area contributed by atoms with Crippen molar-refractivity contribution in [3.63, 3.8) is 0 Å². The highest BCUT2D eigenvalue weighted by atomic mass is 32.1. The van der Waals surface area contributed by atoms with Crippen LogP contribution in [0.1, 0.15) is 37.9 Å². The highest BCUT2D eigenvalue weighted by molar-refractivity contribution is 7.09. The molecule has 0 aliphatic rings. The lowest BCUT2D eigenvalue weighted by Crippen LogP contribution is -2.29. The summed E-state index contributed by atoms with van der Waals surface area (Å²) in [7, 11) is 0. The lowest BCUT2D eigenvalue weighted by atomic mass is 9.98. The summed E-state index contributed by atoms with van der Waals surface area (Å²) in [4.78, 5) is 32.1. The van der Waals surface area contributed by atoms with Gasteiger partial charge in [0.05, 0.1) is 17.1 Å². The Bertz CT molecular complexity index is 692. The minimum absolute atomic E-state index is 0.00948. The van der Waals surface area contributed by atoms with E-state index in [4.69, 9.17) is 0 Å². The number of rotatable bonds is 6. The van der Waals surface area contributed by atoms with Crippen LogP contribution in [-0.4, -0.2) is 28.3 Å². The predicted molar refractivity (Wildman–Crippen MR) is 95.0 cm³/mol. The van der Waals surface area contributed by atoms with E-state index in [1.54, 1.807) is 35.9 Å². The Hall–Kier alpha value is -2.28. The molecule has 0 aliphatic heterocycles. The van der Waals surface area contributed by atoms with Gasteiger partial charge in [-0.3, -0.25) is 14.6 Å². The SMILES string of the molecule is CC(C)(C)c1nc(CC(=O)NCCC(=O)Nc2ccncc2)cs1. The summed E-state index contributed by atoms with van der Waals surface area (Å²) in [5.41, 5.74) is 1.45. The fourth-order valence-electron chi connectivity index (χ4n) is 1.93. The molecule has 0 unspecified atom stereocenters. The van der Waals surface area contributed by atoms with E-state index in [0.717, 1.165) is 10.7 Å². The molecular weight excluding hydrogens is 324 g/mol. The lowest BCUT2D eigenvalue weighted by Gasteiger charge is -2.13. The van der Waals surface area contributed by atoms with Crippen LogP contribution in [0.5, 0.6) is 0 Å². The molecule has 24 heavy (non-hydrogen) atoms. The molecule has 128 valence electrons. The number of nitrogens with one attached hydrogen (secondary N) is 2. The zero-order chi connectivity index (χ0) is 17.6. The summed E-state index contributed by atoms with van der Waals surface area (Å²) in [6, 6.07) is 3.43. The summed E-state index contributed by atoms with van der Waals surface area (Å²) in [5, 5.41) is 8.42. The van der Waals surface area contributed by atoms with Crippen molar-refractivity contribution >= 4 is 28.8 Å². The monoisotopic (exact) mass is 346 g/mol. The highest BCUT2D eigenvalue weighted by Crippen LogP contribution is 2.25. The molecule has 0 saturated heterocycles. The van der Waals surface area contributed by atoms with Crippen LogP contribution in [0.3, 0.4) is 0 Å². The normalized spacial score (nSPS) is 11.1. The molecule has 2 aromatic heterocycles. The van der Waals surface area contributed by atoms with Gasteiger partial charge in [0.25, 0.3) is 0 Å². The first-order chi connectivity index (χ1) is 11.3. The van der Waals surface area contributed by atoms with Crippen molar-refractivity contribution in [2.24, 2.45) is 0 Å². The van der Waals surface area contributed by atoms with Crippen LogP contribution in [0, 0.1) is 0 Å². The summed E-state index contributed by atoms with van der Waals surface area (Å²) < 4.78 is 0. The summed E-state index contributed by atoms with van der Waals surface area (Å²) in [6.45, 7) is 6.58. The van der Waals surface area contributed by atoms with Gasteiger partial charge >= 0.3 is 0 Å². The molecule has 0 fully saturated rings. The molecule has 2 amide bonds. The second-order valence-electron chi connectivity index (χ2n) is 6.45. The highest BCUT2D eigenvalue weighted by Gasteiger charge is 2.18. The van der Waals surface area contributed by atoms with Crippen LogP contribution in [0.15, 0.2) is 29.9 Å². The van der Waals surface area contributed by atoms with Gasteiger partial charge < -0.3 is 10.6 Å². The van der Waals surface area contributed by atoms with E-state index in [9.17, 15) is 9.59 Å². The molecule has 0 aromatic carbocycles. The van der Waals surface area contributed by atoms with Crippen molar-refractivity contribution in [2.45, 2.75) is 39.0 Å². The number of amides is 2. The van der Waals surface area contributed by atoms with Crippen molar-refractivity contribution in [3.8, 4) is 0 Å². The Labute approximate surface area is 145 Å². The zero-order valence-electron chi connectivity index (χ0n) is 14.1. The van der Waals surface area contributed by atoms with Crippen molar-refractivity contribution in [1.29, 1.82) is 0 Å². The van der Waals surface area contributed by atoms with Crippen LogP contribution in [0.2, 0.25) is 0 Å². The van der Waals surface area contributed by atoms with Gasteiger partial charge in [0.15, 0.2) is 0 Å². The number of carbonyl (C=O) groups excluding carboxylic acids is 2. The molecule has 7 heteroatoms. The van der Waals surface area contributed by atoms with Gasteiger partial charge in [-0.05, 0) is 12.1 Å². The first kappa shape index (κ1) is 18.1. The molecule has 0 aliphatic carbocycles. The van der Waals surface area contributed by atoms with Crippen molar-refractivity contribution in [2.75, 3.05) is 11.9 Å². The first-order valence-corrected chi connectivity index (χ1v) is 8.64. The molecule has 0 atom stereocenters. The second kappa shape index (κ2) is 8.01. The fraction of sp³-hybridized carbons (Fsp3) is 0.412. The third-order valence-corrected chi connectivity index (χ3v) is 4.49. The van der Waals surface area contributed by atoms with Crippen molar-refractivity contribution in [3.05, 3.63) is 40.6 Å². The number of carbonyl (C=O) groups is 2. The number of hydrogen-bond donors (Lipinski definition) is 2. The molecule has 0 spiro atoms. The van der Waals surface area contributed by atoms with Crippen LogP contribution in [0.25, 0.3) is 0 Å². The molecule has 2 N–H and O–H groups in total. The molecule has 6 nitrogen and oxygen atoms in total. The Morgan fingerprint density at radius 1 is 1.17 bits per heavy atom. The zero-order valence-corrected chi connectivity index (χ0v) is 14.9. The molecule has 2 heterocycles. The van der Waals surface area contributed by atoms with E-state index in [-0.39, 0.29) is 30.1 Å². The number of nitrogens with zero attached hydrogens (tertiary/aromatic N) is 2. The Kier molecular flexibility index (Phi) is 6.03. The quantitative estimate of drug-likeness (QED) is 0.842. The largest absolute Gasteiger partial charge is 0.355 e. The summed E-state index contributed by atoms with van der Waals surface area (Å²) in [5.74, 6) is -0.275. The average Bonchev–Trinajstić information content (AvgIpc) is 2.97. The van der Waals surface area contributed by atoms with E-state index in [0.29, 0.717) is 12.2 Å². The topological polar surface area (TPSA) is 84.0 Å². The maximum Gasteiger partial charge on any atom is 0.226 e. The van der Waals surface area contributed by atoms with Crippen molar-refractivity contribution in [1.82, 2.24) is 15.3 Å². The van der Waals surface area contributed by atoms with Crippen LogP contribution in [0.4, 0.5) is 5.69 Å². The predicted octanol–water partition coefficient (Wildman–Crippen LogP) is 2.52. The van der Waals surface area contributed by atoms with E-state index in [1.807, 2.05) is 5.38 Å². The fourth-order valence-corrected chi connectivity index (χ4v) is 2.84. The summed E-state index contributed by atoms with van der Waals surface area (Å²) in [6.07, 6.45) is 3.67. The third-order valence-electron chi connectivity index (χ3n) is 3.17. The van der Waals surface area contributed by atoms with Crippen LogP contribution < -0.4 is 10.6 Å². The first-order valence-electron chi connectivity index (χ1n) is 7.76. The van der Waals surface area contributed by atoms with Gasteiger partial charge in [-0.25, -0.2) is 4.98 Å². The van der Waals surface area contributed by atoms with Gasteiger partial charge in [-0.15, -0.1) is 11.3 Å². The minimum atomic E-state index is -0.148. The Morgan fingerprint density at radius 2 is 1.88 bits per heavy atom. The second-order valence-corrected chi connectivity index (χ2v) is 7.31. The maximum atomic E-state index is 11.9. The number of pyridine rings is 1. The number of hydrogen-bond acceptors (Lipinski definition) is 5. The van der Waals surface area contributed by atoms with E-state index in [1.165, 1.54) is 0 Å². The van der Waals surface area contributed by atoms with Crippen molar-refractivity contribution < 1.29 is 9.59 Å². The molecular formula is C17H22N4O2S. The standard InChI is InChI=1S/C17H22N4O2S/c1-17(2,3)16-21-13(11-24-16)10-15(23)19-9-6-14(22)20-12-4-7-18-8-5-12/h4-5,7-8,11H,6,9-10H2,1-3H3,(H,19,23)(H,18,20,22). The molecule has 2 rings (SSSR count). The van der Waals surface area contributed by atoms with E-state index < -0.39 is 0 Å². The summed E-state index contributed by atoms with van der Waals surface area (Å²) >= 11 is 1.57. The Balaban J connectivity index is 1.71. The lowest BCUT2D eigenvalue weighted by molar-refractivity contribution is -0.120. The van der Waals surface area contributed by atoms with Gasteiger partial charge in [0, 0.05) is 41.8 Å². The minimum Gasteiger partial charge on any atom is -0.355 e. The smallest absolute Gasteiger partial charge is 0.226 e.